The molecule has 0 aromatic heterocycles. The van der Waals surface area contributed by atoms with Gasteiger partial charge in [0.25, 0.3) is 0 Å². The molecule has 4 nitrogen and oxygen atoms in total. The maximum absolute atomic E-state index is 12.9. The van der Waals surface area contributed by atoms with E-state index in [1.165, 1.54) is 6.07 Å². The van der Waals surface area contributed by atoms with Crippen molar-refractivity contribution < 1.29 is 32.6 Å². The van der Waals surface area contributed by atoms with Gasteiger partial charge in [-0.3, -0.25) is 0 Å². The van der Waals surface area contributed by atoms with Crippen molar-refractivity contribution in [1.82, 2.24) is 0 Å². The first-order valence-corrected chi connectivity index (χ1v) is 7.11. The van der Waals surface area contributed by atoms with Crippen molar-refractivity contribution in [1.29, 1.82) is 0 Å². The fourth-order valence-electron chi connectivity index (χ4n) is 2.12. The molecule has 130 valence electrons. The molecule has 0 aliphatic rings. The van der Waals surface area contributed by atoms with Gasteiger partial charge in [0.05, 0.1) is 11.1 Å². The van der Waals surface area contributed by atoms with Gasteiger partial charge in [-0.2, -0.15) is 13.2 Å². The van der Waals surface area contributed by atoms with Crippen LogP contribution in [0.4, 0.5) is 13.2 Å². The SMILES string of the molecule is O=C(C=Cc1cccc(C(F)(F)F)c1C(=O)O)OCc1ccccc1. The van der Waals surface area contributed by atoms with Crippen molar-refractivity contribution in [3.8, 4) is 0 Å². The van der Waals surface area contributed by atoms with Gasteiger partial charge in [-0.15, -0.1) is 0 Å². The van der Waals surface area contributed by atoms with Crippen molar-refractivity contribution in [3.05, 3.63) is 76.9 Å². The molecule has 0 heterocycles. The zero-order valence-electron chi connectivity index (χ0n) is 12.8. The number of alkyl halides is 3. The van der Waals surface area contributed by atoms with E-state index in [0.717, 1.165) is 23.8 Å². The Morgan fingerprint density at radius 3 is 2.32 bits per heavy atom. The number of hydrogen-bond donors (Lipinski definition) is 1. The van der Waals surface area contributed by atoms with Crippen LogP contribution in [0.5, 0.6) is 0 Å². The number of hydrogen-bond acceptors (Lipinski definition) is 3. The van der Waals surface area contributed by atoms with Crippen molar-refractivity contribution in [2.24, 2.45) is 0 Å². The number of carbonyl (C=O) groups excluding carboxylic acids is 1. The summed E-state index contributed by atoms with van der Waals surface area (Å²) in [6, 6.07) is 11.7. The molecule has 0 amide bonds. The zero-order chi connectivity index (χ0) is 18.4. The Labute approximate surface area is 141 Å². The predicted molar refractivity (Wildman–Crippen MR) is 83.7 cm³/mol. The van der Waals surface area contributed by atoms with Crippen LogP contribution >= 0.6 is 0 Å². The van der Waals surface area contributed by atoms with Crippen molar-refractivity contribution in [2.45, 2.75) is 12.8 Å². The standard InChI is InChI=1S/C18H13F3O4/c19-18(20,21)14-8-4-7-13(16(14)17(23)24)9-10-15(22)25-11-12-5-2-1-3-6-12/h1-10H,11H2,(H,23,24). The second-order valence-electron chi connectivity index (χ2n) is 5.00. The minimum absolute atomic E-state index is 0.00160. The molecule has 0 aliphatic heterocycles. The molecule has 0 radical (unpaired) electrons. The highest BCUT2D eigenvalue weighted by Gasteiger charge is 2.36. The lowest BCUT2D eigenvalue weighted by Crippen LogP contribution is -2.14. The number of carbonyl (C=O) groups is 2. The Morgan fingerprint density at radius 2 is 1.72 bits per heavy atom. The summed E-state index contributed by atoms with van der Waals surface area (Å²) in [6.45, 7) is -0.00160. The van der Waals surface area contributed by atoms with E-state index in [1.54, 1.807) is 30.3 Å². The van der Waals surface area contributed by atoms with Crippen molar-refractivity contribution in [3.63, 3.8) is 0 Å². The molecule has 2 aromatic carbocycles. The van der Waals surface area contributed by atoms with Crippen LogP contribution in [0.15, 0.2) is 54.6 Å². The molecule has 0 unspecified atom stereocenters. The first-order valence-electron chi connectivity index (χ1n) is 7.11. The molecular weight excluding hydrogens is 337 g/mol. The maximum atomic E-state index is 12.9. The molecule has 0 aliphatic carbocycles. The Hall–Kier alpha value is -3.09. The molecule has 2 aromatic rings. The van der Waals surface area contributed by atoms with E-state index < -0.39 is 29.2 Å². The van der Waals surface area contributed by atoms with E-state index in [1.807, 2.05) is 0 Å². The summed E-state index contributed by atoms with van der Waals surface area (Å²) >= 11 is 0. The van der Waals surface area contributed by atoms with Gasteiger partial charge in [0.1, 0.15) is 6.61 Å². The third kappa shape index (κ3) is 4.94. The number of carboxylic acids is 1. The molecule has 0 saturated heterocycles. The number of halogens is 3. The van der Waals surface area contributed by atoms with Crippen LogP contribution in [0, 0.1) is 0 Å². The molecule has 2 rings (SSSR count). The summed E-state index contributed by atoms with van der Waals surface area (Å²) in [5, 5.41) is 9.08. The molecule has 7 heteroatoms. The molecular formula is C18H13F3O4. The number of benzene rings is 2. The van der Waals surface area contributed by atoms with Gasteiger partial charge >= 0.3 is 18.1 Å². The summed E-state index contributed by atoms with van der Waals surface area (Å²) in [4.78, 5) is 22.9. The summed E-state index contributed by atoms with van der Waals surface area (Å²) in [5.74, 6) is -2.53. The van der Waals surface area contributed by atoms with Gasteiger partial charge in [0.15, 0.2) is 0 Å². The number of carboxylic acid groups (broad SMARTS) is 1. The van der Waals surface area contributed by atoms with Gasteiger partial charge < -0.3 is 9.84 Å². The highest BCUT2D eigenvalue weighted by molar-refractivity contribution is 5.96. The molecule has 25 heavy (non-hydrogen) atoms. The number of ether oxygens (including phenoxy) is 1. The summed E-state index contributed by atoms with van der Waals surface area (Å²) < 4.78 is 43.7. The average Bonchev–Trinajstić information content (AvgIpc) is 2.57. The van der Waals surface area contributed by atoms with Gasteiger partial charge in [-0.25, -0.2) is 9.59 Å². The minimum Gasteiger partial charge on any atom is -0.478 e. The Kier molecular flexibility index (Phi) is 5.59. The lowest BCUT2D eigenvalue weighted by molar-refractivity contribution is -0.139. The lowest BCUT2D eigenvalue weighted by atomic mass is 10.00. The Bertz CT molecular complexity index is 796. The van der Waals surface area contributed by atoms with Crippen LogP contribution in [0.25, 0.3) is 6.08 Å². The number of esters is 1. The first kappa shape index (κ1) is 18.3. The third-order valence-electron chi connectivity index (χ3n) is 3.24. The van der Waals surface area contributed by atoms with E-state index in [-0.39, 0.29) is 12.2 Å². The van der Waals surface area contributed by atoms with Crippen molar-refractivity contribution >= 4 is 18.0 Å². The molecule has 0 saturated carbocycles. The average molecular weight is 350 g/mol. The van der Waals surface area contributed by atoms with Gasteiger partial charge in [-0.05, 0) is 23.3 Å². The van der Waals surface area contributed by atoms with Crippen LogP contribution in [0.1, 0.15) is 27.0 Å². The van der Waals surface area contributed by atoms with Gasteiger partial charge in [0.2, 0.25) is 0 Å². The quantitative estimate of drug-likeness (QED) is 0.650. The first-order chi connectivity index (χ1) is 11.8. The van der Waals surface area contributed by atoms with E-state index >= 15 is 0 Å². The molecule has 0 atom stereocenters. The topological polar surface area (TPSA) is 63.6 Å². The van der Waals surface area contributed by atoms with E-state index in [4.69, 9.17) is 9.84 Å². The number of aromatic carboxylic acids is 1. The van der Waals surface area contributed by atoms with Crippen LogP contribution in [-0.4, -0.2) is 17.0 Å². The van der Waals surface area contributed by atoms with Crippen LogP contribution in [0.2, 0.25) is 0 Å². The van der Waals surface area contributed by atoms with Crippen LogP contribution in [-0.2, 0) is 22.3 Å². The van der Waals surface area contributed by atoms with Gasteiger partial charge in [-0.1, -0.05) is 42.5 Å². The van der Waals surface area contributed by atoms with Crippen molar-refractivity contribution in [2.75, 3.05) is 0 Å². The number of rotatable bonds is 5. The molecule has 0 fully saturated rings. The van der Waals surface area contributed by atoms with E-state index in [2.05, 4.69) is 0 Å². The summed E-state index contributed by atoms with van der Waals surface area (Å²) in [6.07, 6.45) is -2.93. The monoisotopic (exact) mass is 350 g/mol. The molecule has 0 spiro atoms. The second kappa shape index (κ2) is 7.65. The zero-order valence-corrected chi connectivity index (χ0v) is 12.8. The highest BCUT2D eigenvalue weighted by atomic mass is 19.4. The van der Waals surface area contributed by atoms with Crippen LogP contribution in [0.3, 0.4) is 0 Å². The Balaban J connectivity index is 2.17. The normalized spacial score (nSPS) is 11.5. The van der Waals surface area contributed by atoms with E-state index in [9.17, 15) is 22.8 Å². The smallest absolute Gasteiger partial charge is 0.417 e. The largest absolute Gasteiger partial charge is 0.478 e. The third-order valence-corrected chi connectivity index (χ3v) is 3.24. The van der Waals surface area contributed by atoms with E-state index in [0.29, 0.717) is 6.07 Å². The second-order valence-corrected chi connectivity index (χ2v) is 5.00. The lowest BCUT2D eigenvalue weighted by Gasteiger charge is -2.12. The minimum atomic E-state index is -4.81. The predicted octanol–water partition coefficient (Wildman–Crippen LogP) is 4.16. The Morgan fingerprint density at radius 1 is 1.04 bits per heavy atom. The summed E-state index contributed by atoms with van der Waals surface area (Å²) in [7, 11) is 0. The maximum Gasteiger partial charge on any atom is 0.417 e. The molecule has 1 N–H and O–H groups in total. The molecule has 0 bridgehead atoms. The van der Waals surface area contributed by atoms with Crippen LogP contribution < -0.4 is 0 Å². The van der Waals surface area contributed by atoms with Gasteiger partial charge in [0, 0.05) is 6.08 Å². The fourth-order valence-corrected chi connectivity index (χ4v) is 2.12. The summed E-state index contributed by atoms with van der Waals surface area (Å²) in [5.41, 5.74) is -1.68. The fraction of sp³-hybridized carbons (Fsp3) is 0.111. The highest BCUT2D eigenvalue weighted by Crippen LogP contribution is 2.33.